The lowest BCUT2D eigenvalue weighted by Gasteiger charge is -2.15. The van der Waals surface area contributed by atoms with Crippen LogP contribution in [0.25, 0.3) is 0 Å². The van der Waals surface area contributed by atoms with Gasteiger partial charge in [0.2, 0.25) is 0 Å². The molecule has 0 amide bonds. The number of hydrogen-bond acceptors (Lipinski definition) is 2. The number of nitrogens with zero attached hydrogens (tertiary/aromatic N) is 1. The maximum atomic E-state index is 6.27. The quantitative estimate of drug-likeness (QED) is 0.939. The summed E-state index contributed by atoms with van der Waals surface area (Å²) in [6.45, 7) is 4.19. The van der Waals surface area contributed by atoms with Gasteiger partial charge in [-0.2, -0.15) is 0 Å². The number of hydrogen-bond donors (Lipinski definition) is 1. The number of nitrogens with two attached hydrogens (primary N) is 1. The molecule has 0 aliphatic carbocycles. The largest absolute Gasteiger partial charge is 0.324 e. The molecule has 0 aliphatic rings. The second kappa shape index (κ2) is 5.63. The Hall–Kier alpha value is -1.19. The maximum Gasteiger partial charge on any atom is 0.0336 e. The van der Waals surface area contributed by atoms with E-state index >= 15 is 0 Å². The molecule has 94 valence electrons. The minimum absolute atomic E-state index is 0.0136. The Bertz CT molecular complexity index is 514. The van der Waals surface area contributed by atoms with Gasteiger partial charge >= 0.3 is 0 Å². The average Bonchev–Trinajstić information content (AvgIpc) is 2.36. The lowest BCUT2D eigenvalue weighted by molar-refractivity contribution is 0.718. The lowest BCUT2D eigenvalue weighted by Crippen LogP contribution is -2.14. The van der Waals surface area contributed by atoms with Gasteiger partial charge in [0.15, 0.2) is 0 Å². The summed E-state index contributed by atoms with van der Waals surface area (Å²) >= 11 is 3.58. The van der Waals surface area contributed by atoms with Gasteiger partial charge in [-0.25, -0.2) is 0 Å². The van der Waals surface area contributed by atoms with Crippen molar-refractivity contribution in [2.45, 2.75) is 26.3 Å². The number of benzene rings is 1. The van der Waals surface area contributed by atoms with Gasteiger partial charge in [0.05, 0.1) is 0 Å². The van der Waals surface area contributed by atoms with E-state index in [4.69, 9.17) is 5.73 Å². The summed E-state index contributed by atoms with van der Waals surface area (Å²) in [7, 11) is 0. The SMILES string of the molecule is Cc1cc(C(N)Cc2cccnc2)cc(C)c1Br. The van der Waals surface area contributed by atoms with E-state index in [2.05, 4.69) is 53.0 Å². The summed E-state index contributed by atoms with van der Waals surface area (Å²) in [5, 5.41) is 0. The van der Waals surface area contributed by atoms with Gasteiger partial charge in [-0.3, -0.25) is 4.98 Å². The Morgan fingerprint density at radius 1 is 1.28 bits per heavy atom. The highest BCUT2D eigenvalue weighted by atomic mass is 79.9. The molecule has 0 bridgehead atoms. The highest BCUT2D eigenvalue weighted by Gasteiger charge is 2.10. The van der Waals surface area contributed by atoms with Crippen LogP contribution in [0.2, 0.25) is 0 Å². The molecule has 1 heterocycles. The van der Waals surface area contributed by atoms with Crippen molar-refractivity contribution >= 4 is 15.9 Å². The van der Waals surface area contributed by atoms with Crippen LogP contribution in [-0.2, 0) is 6.42 Å². The molecule has 3 heteroatoms. The van der Waals surface area contributed by atoms with Gasteiger partial charge in [0.1, 0.15) is 0 Å². The predicted octanol–water partition coefficient (Wildman–Crippen LogP) is 3.70. The monoisotopic (exact) mass is 304 g/mol. The van der Waals surface area contributed by atoms with Gasteiger partial charge in [-0.1, -0.05) is 34.1 Å². The third kappa shape index (κ3) is 2.98. The Labute approximate surface area is 116 Å². The van der Waals surface area contributed by atoms with E-state index in [9.17, 15) is 0 Å². The summed E-state index contributed by atoms with van der Waals surface area (Å²) in [4.78, 5) is 4.12. The Morgan fingerprint density at radius 3 is 2.50 bits per heavy atom. The molecule has 1 aromatic carbocycles. The molecule has 0 saturated carbocycles. The first-order chi connectivity index (χ1) is 8.58. The number of aryl methyl sites for hydroxylation is 2. The molecule has 0 saturated heterocycles. The molecular weight excluding hydrogens is 288 g/mol. The van der Waals surface area contributed by atoms with Crippen molar-refractivity contribution in [1.29, 1.82) is 0 Å². The highest BCUT2D eigenvalue weighted by molar-refractivity contribution is 9.10. The molecule has 1 atom stereocenters. The summed E-state index contributed by atoms with van der Waals surface area (Å²) in [6.07, 6.45) is 4.47. The molecule has 0 fully saturated rings. The first kappa shape index (κ1) is 13.2. The van der Waals surface area contributed by atoms with Crippen LogP contribution in [0, 0.1) is 13.8 Å². The van der Waals surface area contributed by atoms with E-state index in [-0.39, 0.29) is 6.04 Å². The molecule has 2 rings (SSSR count). The van der Waals surface area contributed by atoms with Crippen LogP contribution in [0.3, 0.4) is 0 Å². The number of aromatic nitrogens is 1. The van der Waals surface area contributed by atoms with E-state index in [1.165, 1.54) is 26.7 Å². The second-order valence-electron chi connectivity index (χ2n) is 4.64. The smallest absolute Gasteiger partial charge is 0.0336 e. The normalized spacial score (nSPS) is 12.4. The molecule has 0 radical (unpaired) electrons. The van der Waals surface area contributed by atoms with Crippen molar-refractivity contribution in [2.24, 2.45) is 5.73 Å². The van der Waals surface area contributed by atoms with Crippen LogP contribution < -0.4 is 5.73 Å². The van der Waals surface area contributed by atoms with Crippen LogP contribution in [0.15, 0.2) is 41.1 Å². The van der Waals surface area contributed by atoms with Crippen LogP contribution in [0.5, 0.6) is 0 Å². The fraction of sp³-hybridized carbons (Fsp3) is 0.267. The fourth-order valence-electron chi connectivity index (χ4n) is 2.08. The zero-order chi connectivity index (χ0) is 13.1. The predicted molar refractivity (Wildman–Crippen MR) is 78.5 cm³/mol. The Balaban J connectivity index is 2.22. The number of pyridine rings is 1. The van der Waals surface area contributed by atoms with Crippen LogP contribution >= 0.6 is 15.9 Å². The second-order valence-corrected chi connectivity index (χ2v) is 5.43. The maximum absolute atomic E-state index is 6.27. The third-order valence-electron chi connectivity index (χ3n) is 3.07. The lowest BCUT2D eigenvalue weighted by atomic mass is 9.97. The Morgan fingerprint density at radius 2 is 1.94 bits per heavy atom. The zero-order valence-corrected chi connectivity index (χ0v) is 12.2. The minimum atomic E-state index is 0.0136. The van der Waals surface area contributed by atoms with Crippen molar-refractivity contribution in [2.75, 3.05) is 0 Å². The van der Waals surface area contributed by atoms with E-state index < -0.39 is 0 Å². The molecule has 0 spiro atoms. The minimum Gasteiger partial charge on any atom is -0.324 e. The van der Waals surface area contributed by atoms with Crippen LogP contribution in [-0.4, -0.2) is 4.98 Å². The molecule has 1 unspecified atom stereocenters. The van der Waals surface area contributed by atoms with Crippen molar-refractivity contribution in [3.05, 3.63) is 63.4 Å². The fourth-order valence-corrected chi connectivity index (χ4v) is 2.31. The molecule has 1 aromatic heterocycles. The van der Waals surface area contributed by atoms with E-state index in [1.54, 1.807) is 6.20 Å². The molecule has 0 aliphatic heterocycles. The zero-order valence-electron chi connectivity index (χ0n) is 10.7. The van der Waals surface area contributed by atoms with Crippen molar-refractivity contribution < 1.29 is 0 Å². The van der Waals surface area contributed by atoms with E-state index in [1.807, 2.05) is 12.3 Å². The van der Waals surface area contributed by atoms with E-state index in [0.717, 1.165) is 6.42 Å². The Kier molecular flexibility index (Phi) is 4.15. The summed E-state index contributed by atoms with van der Waals surface area (Å²) < 4.78 is 1.17. The first-order valence-electron chi connectivity index (χ1n) is 5.99. The van der Waals surface area contributed by atoms with Crippen molar-refractivity contribution in [3.63, 3.8) is 0 Å². The van der Waals surface area contributed by atoms with Gasteiger partial charge in [0.25, 0.3) is 0 Å². The molecule has 18 heavy (non-hydrogen) atoms. The van der Waals surface area contributed by atoms with Crippen molar-refractivity contribution in [3.8, 4) is 0 Å². The summed E-state index contributed by atoms with van der Waals surface area (Å²) in [5.74, 6) is 0. The summed E-state index contributed by atoms with van der Waals surface area (Å²) in [5.41, 5.74) is 11.1. The molecule has 2 N–H and O–H groups in total. The number of rotatable bonds is 3. The topological polar surface area (TPSA) is 38.9 Å². The first-order valence-corrected chi connectivity index (χ1v) is 6.78. The molecule has 2 nitrogen and oxygen atoms in total. The van der Waals surface area contributed by atoms with E-state index in [0.29, 0.717) is 0 Å². The van der Waals surface area contributed by atoms with Gasteiger partial charge in [-0.05, 0) is 48.6 Å². The van der Waals surface area contributed by atoms with Crippen LogP contribution in [0.4, 0.5) is 0 Å². The van der Waals surface area contributed by atoms with Gasteiger partial charge in [-0.15, -0.1) is 0 Å². The average molecular weight is 305 g/mol. The summed E-state index contributed by atoms with van der Waals surface area (Å²) in [6, 6.07) is 8.32. The van der Waals surface area contributed by atoms with Gasteiger partial charge < -0.3 is 5.73 Å². The van der Waals surface area contributed by atoms with Crippen molar-refractivity contribution in [1.82, 2.24) is 4.98 Å². The van der Waals surface area contributed by atoms with Crippen LogP contribution in [0.1, 0.15) is 28.3 Å². The molecule has 2 aromatic rings. The number of halogens is 1. The van der Waals surface area contributed by atoms with Gasteiger partial charge in [0, 0.05) is 22.9 Å². The molecular formula is C15H17BrN2. The third-order valence-corrected chi connectivity index (χ3v) is 4.32. The standard InChI is InChI=1S/C15H17BrN2/c1-10-6-13(7-11(2)15(10)16)14(17)8-12-4-3-5-18-9-12/h3-7,9,14H,8,17H2,1-2H3. The highest BCUT2D eigenvalue weighted by Crippen LogP contribution is 2.26.